The molecule has 0 saturated heterocycles. The molecule has 1 aliphatic heterocycles. The highest BCUT2D eigenvalue weighted by atomic mass is 32.2. The van der Waals surface area contributed by atoms with E-state index < -0.39 is 39.4 Å². The molecule has 0 bridgehead atoms. The van der Waals surface area contributed by atoms with Crippen LogP contribution in [0.4, 0.5) is 0 Å². The van der Waals surface area contributed by atoms with Crippen molar-refractivity contribution in [1.29, 1.82) is 0 Å². The lowest BCUT2D eigenvalue weighted by molar-refractivity contribution is -0.144. The summed E-state index contributed by atoms with van der Waals surface area (Å²) in [5, 5.41) is 11.8. The summed E-state index contributed by atoms with van der Waals surface area (Å²) >= 11 is 0. The van der Waals surface area contributed by atoms with Crippen LogP contribution in [0.15, 0.2) is 23.1 Å². The third kappa shape index (κ3) is 3.18. The number of rotatable bonds is 6. The van der Waals surface area contributed by atoms with Crippen molar-refractivity contribution in [2.75, 3.05) is 0 Å². The fourth-order valence-corrected chi connectivity index (χ4v) is 4.74. The Balaban J connectivity index is 2.42. The molecule has 2 amide bonds. The molecule has 142 valence electrons. The Morgan fingerprint density at radius 3 is 2.42 bits per heavy atom. The second-order valence-corrected chi connectivity index (χ2v) is 8.54. The summed E-state index contributed by atoms with van der Waals surface area (Å²) in [4.78, 5) is 36.0. The number of hydrogen-bond acceptors (Lipinski definition) is 5. The number of carbonyl (C=O) groups is 3. The van der Waals surface area contributed by atoms with Gasteiger partial charge in [-0.1, -0.05) is 13.3 Å². The zero-order valence-corrected chi connectivity index (χ0v) is 15.9. The Kier molecular flexibility index (Phi) is 5.14. The SMILES string of the molecule is CCCC(C)(NC(=O)c1ccc2c(c1)S(=O)(=O)N(C(C)C)C2=O)C(=O)O. The van der Waals surface area contributed by atoms with Gasteiger partial charge in [-0.3, -0.25) is 9.59 Å². The molecule has 2 rings (SSSR count). The van der Waals surface area contributed by atoms with Crippen molar-refractivity contribution in [3.63, 3.8) is 0 Å². The van der Waals surface area contributed by atoms with Gasteiger partial charge in [-0.15, -0.1) is 0 Å². The third-order valence-electron chi connectivity index (χ3n) is 4.29. The predicted molar refractivity (Wildman–Crippen MR) is 93.3 cm³/mol. The van der Waals surface area contributed by atoms with E-state index in [0.29, 0.717) is 6.42 Å². The Morgan fingerprint density at radius 2 is 1.92 bits per heavy atom. The van der Waals surface area contributed by atoms with E-state index in [4.69, 9.17) is 0 Å². The molecule has 0 saturated carbocycles. The summed E-state index contributed by atoms with van der Waals surface area (Å²) in [7, 11) is -4.03. The number of nitrogens with zero attached hydrogens (tertiary/aromatic N) is 1. The van der Waals surface area contributed by atoms with Gasteiger partial charge in [0.1, 0.15) is 10.4 Å². The van der Waals surface area contributed by atoms with E-state index in [1.54, 1.807) is 20.8 Å². The van der Waals surface area contributed by atoms with Crippen LogP contribution in [0, 0.1) is 0 Å². The molecule has 9 heteroatoms. The molecular formula is C17H22N2O6S. The fraction of sp³-hybridized carbons (Fsp3) is 0.471. The van der Waals surface area contributed by atoms with Crippen LogP contribution in [0.3, 0.4) is 0 Å². The van der Waals surface area contributed by atoms with Crippen molar-refractivity contribution in [2.45, 2.75) is 57.0 Å². The van der Waals surface area contributed by atoms with Gasteiger partial charge in [-0.05, 0) is 45.4 Å². The van der Waals surface area contributed by atoms with E-state index in [-0.39, 0.29) is 22.4 Å². The minimum absolute atomic E-state index is 0.00445. The molecule has 0 fully saturated rings. The second-order valence-electron chi connectivity index (χ2n) is 6.75. The van der Waals surface area contributed by atoms with Gasteiger partial charge in [0, 0.05) is 11.6 Å². The Hall–Kier alpha value is -2.42. The molecular weight excluding hydrogens is 360 g/mol. The number of sulfonamides is 1. The third-order valence-corrected chi connectivity index (χ3v) is 6.29. The predicted octanol–water partition coefficient (Wildman–Crippen LogP) is 1.61. The second kappa shape index (κ2) is 6.71. The number of nitrogens with one attached hydrogen (secondary N) is 1. The molecule has 1 aliphatic rings. The van der Waals surface area contributed by atoms with E-state index in [0.717, 1.165) is 10.4 Å². The van der Waals surface area contributed by atoms with Crippen LogP contribution in [-0.4, -0.2) is 47.2 Å². The number of fused-ring (bicyclic) bond motifs is 1. The summed E-state index contributed by atoms with van der Waals surface area (Å²) in [6.45, 7) is 6.35. The number of carbonyl (C=O) groups excluding carboxylic acids is 2. The Bertz CT molecular complexity index is 877. The van der Waals surface area contributed by atoms with Crippen LogP contribution >= 0.6 is 0 Å². The van der Waals surface area contributed by atoms with Crippen LogP contribution in [0.5, 0.6) is 0 Å². The number of carboxylic acids is 1. The molecule has 1 unspecified atom stereocenters. The van der Waals surface area contributed by atoms with Crippen LogP contribution in [0.1, 0.15) is 61.3 Å². The van der Waals surface area contributed by atoms with E-state index in [9.17, 15) is 27.9 Å². The van der Waals surface area contributed by atoms with Gasteiger partial charge < -0.3 is 10.4 Å². The number of aliphatic carboxylic acids is 1. The Morgan fingerprint density at radius 1 is 1.31 bits per heavy atom. The van der Waals surface area contributed by atoms with Crippen molar-refractivity contribution in [1.82, 2.24) is 9.62 Å². The van der Waals surface area contributed by atoms with Crippen LogP contribution in [0.2, 0.25) is 0 Å². The van der Waals surface area contributed by atoms with Crippen LogP contribution in [-0.2, 0) is 14.8 Å². The van der Waals surface area contributed by atoms with Crippen LogP contribution < -0.4 is 5.32 Å². The van der Waals surface area contributed by atoms with Gasteiger partial charge in [0.25, 0.3) is 21.8 Å². The smallest absolute Gasteiger partial charge is 0.329 e. The maximum Gasteiger partial charge on any atom is 0.329 e. The van der Waals surface area contributed by atoms with Gasteiger partial charge in [0.2, 0.25) is 0 Å². The minimum atomic E-state index is -4.03. The van der Waals surface area contributed by atoms with Crippen molar-refractivity contribution in [3.8, 4) is 0 Å². The van der Waals surface area contributed by atoms with Gasteiger partial charge in [-0.25, -0.2) is 17.5 Å². The Labute approximate surface area is 152 Å². The van der Waals surface area contributed by atoms with Crippen LogP contribution in [0.25, 0.3) is 0 Å². The first-order chi connectivity index (χ1) is 12.0. The molecule has 1 aromatic carbocycles. The van der Waals surface area contributed by atoms with Crippen molar-refractivity contribution in [2.24, 2.45) is 0 Å². The number of amides is 2. The molecule has 0 spiro atoms. The van der Waals surface area contributed by atoms with E-state index in [2.05, 4.69) is 5.32 Å². The molecule has 1 aromatic rings. The van der Waals surface area contributed by atoms with E-state index in [1.165, 1.54) is 19.1 Å². The summed E-state index contributed by atoms with van der Waals surface area (Å²) in [6.07, 6.45) is 0.760. The largest absolute Gasteiger partial charge is 0.480 e. The summed E-state index contributed by atoms with van der Waals surface area (Å²) in [5.41, 5.74) is -1.48. The normalized spacial score (nSPS) is 17.7. The van der Waals surface area contributed by atoms with Gasteiger partial charge in [0.15, 0.2) is 0 Å². The quantitative estimate of drug-likeness (QED) is 0.771. The number of carboxylic acid groups (broad SMARTS) is 1. The molecule has 1 heterocycles. The van der Waals surface area contributed by atoms with Crippen molar-refractivity contribution < 1.29 is 27.9 Å². The highest BCUT2D eigenvalue weighted by molar-refractivity contribution is 7.90. The molecule has 0 aromatic heterocycles. The minimum Gasteiger partial charge on any atom is -0.480 e. The molecule has 2 N–H and O–H groups in total. The molecule has 8 nitrogen and oxygen atoms in total. The summed E-state index contributed by atoms with van der Waals surface area (Å²) < 4.78 is 25.9. The van der Waals surface area contributed by atoms with Crippen molar-refractivity contribution in [3.05, 3.63) is 29.3 Å². The maximum absolute atomic E-state index is 12.6. The highest BCUT2D eigenvalue weighted by Crippen LogP contribution is 2.32. The van der Waals surface area contributed by atoms with E-state index >= 15 is 0 Å². The summed E-state index contributed by atoms with van der Waals surface area (Å²) in [5.74, 6) is -2.53. The first kappa shape index (κ1) is 19.9. The average Bonchev–Trinajstić information content (AvgIpc) is 2.73. The van der Waals surface area contributed by atoms with Crippen molar-refractivity contribution >= 4 is 27.8 Å². The first-order valence-electron chi connectivity index (χ1n) is 8.24. The maximum atomic E-state index is 12.6. The van der Waals surface area contributed by atoms with E-state index in [1.807, 2.05) is 0 Å². The lowest BCUT2D eigenvalue weighted by Gasteiger charge is -2.25. The summed E-state index contributed by atoms with van der Waals surface area (Å²) in [6, 6.07) is 3.16. The van der Waals surface area contributed by atoms with Gasteiger partial charge in [0.05, 0.1) is 5.56 Å². The monoisotopic (exact) mass is 382 g/mol. The lowest BCUT2D eigenvalue weighted by Crippen LogP contribution is -2.52. The molecule has 26 heavy (non-hydrogen) atoms. The first-order valence-corrected chi connectivity index (χ1v) is 9.68. The number of benzene rings is 1. The molecule has 0 aliphatic carbocycles. The zero-order chi connectivity index (χ0) is 19.9. The zero-order valence-electron chi connectivity index (χ0n) is 15.1. The average molecular weight is 382 g/mol. The van der Waals surface area contributed by atoms with Gasteiger partial charge in [-0.2, -0.15) is 0 Å². The molecule has 1 atom stereocenters. The molecule has 0 radical (unpaired) electrons. The van der Waals surface area contributed by atoms with Gasteiger partial charge >= 0.3 is 5.97 Å². The standard InChI is InChI=1S/C17H22N2O6S/c1-5-8-17(4,16(22)23)18-14(20)11-6-7-12-13(9-11)26(24,25)19(10(2)3)15(12)21/h6-7,9-10H,5,8H2,1-4H3,(H,18,20)(H,22,23). The fourth-order valence-electron chi connectivity index (χ4n) is 2.95. The number of hydrogen-bond donors (Lipinski definition) is 2. The highest BCUT2D eigenvalue weighted by Gasteiger charge is 2.43. The topological polar surface area (TPSA) is 121 Å². The lowest BCUT2D eigenvalue weighted by atomic mass is 9.95.